The van der Waals surface area contributed by atoms with E-state index in [0.717, 1.165) is 12.8 Å². The predicted molar refractivity (Wildman–Crippen MR) is 62.7 cm³/mol. The summed E-state index contributed by atoms with van der Waals surface area (Å²) in [6.07, 6.45) is 0.370. The minimum Gasteiger partial charge on any atom is -0.390 e. The fourth-order valence-corrected chi connectivity index (χ4v) is 2.37. The second-order valence-corrected chi connectivity index (χ2v) is 5.00. The van der Waals surface area contributed by atoms with Gasteiger partial charge in [-0.2, -0.15) is 0 Å². The van der Waals surface area contributed by atoms with Crippen molar-refractivity contribution in [3.8, 4) is 0 Å². The number of rotatable bonds is 3. The molecular weight excluding hydrogens is 294 g/mol. The van der Waals surface area contributed by atoms with E-state index >= 15 is 0 Å². The van der Waals surface area contributed by atoms with Crippen LogP contribution in [0.2, 0.25) is 0 Å². The molecule has 0 aliphatic carbocycles. The molecule has 1 aliphatic rings. The van der Waals surface area contributed by atoms with Gasteiger partial charge in [0.15, 0.2) is 0 Å². The van der Waals surface area contributed by atoms with Crippen LogP contribution in [-0.4, -0.2) is 23.9 Å². The molecule has 2 unspecified atom stereocenters. The lowest BCUT2D eigenvalue weighted by atomic mass is 10.0. The maximum absolute atomic E-state index is 13.7. The first-order valence-corrected chi connectivity index (χ1v) is 6.31. The maximum Gasteiger partial charge on any atom is 0.143 e. The van der Waals surface area contributed by atoms with Crippen LogP contribution in [0.15, 0.2) is 16.6 Å². The van der Waals surface area contributed by atoms with Gasteiger partial charge in [0, 0.05) is 18.6 Å². The summed E-state index contributed by atoms with van der Waals surface area (Å²) in [5.74, 6) is -1.29. The fourth-order valence-electron chi connectivity index (χ4n) is 2.00. The van der Waals surface area contributed by atoms with Crippen LogP contribution < -0.4 is 0 Å². The van der Waals surface area contributed by atoms with E-state index in [1.807, 2.05) is 0 Å². The zero-order chi connectivity index (χ0) is 12.4. The first-order chi connectivity index (χ1) is 8.09. The van der Waals surface area contributed by atoms with Gasteiger partial charge in [0.05, 0.1) is 16.7 Å². The number of hydrogen-bond donors (Lipinski definition) is 1. The largest absolute Gasteiger partial charge is 0.390 e. The van der Waals surface area contributed by atoms with Gasteiger partial charge < -0.3 is 9.84 Å². The Hall–Kier alpha value is -0.520. The summed E-state index contributed by atoms with van der Waals surface area (Å²) in [6.45, 7) is 0.602. The number of aliphatic hydroxyl groups is 1. The Bertz CT molecular complexity index is 406. The van der Waals surface area contributed by atoms with Gasteiger partial charge in [-0.05, 0) is 40.9 Å². The molecule has 1 aliphatic heterocycles. The van der Waals surface area contributed by atoms with Crippen LogP contribution in [0.25, 0.3) is 0 Å². The van der Waals surface area contributed by atoms with E-state index in [1.165, 1.54) is 12.1 Å². The second kappa shape index (κ2) is 5.42. The van der Waals surface area contributed by atoms with Crippen LogP contribution in [0, 0.1) is 11.6 Å². The van der Waals surface area contributed by atoms with Crippen LogP contribution in [0.4, 0.5) is 8.78 Å². The normalized spacial score (nSPS) is 21.8. The van der Waals surface area contributed by atoms with Crippen LogP contribution in [0.3, 0.4) is 0 Å². The number of hydrogen-bond acceptors (Lipinski definition) is 2. The van der Waals surface area contributed by atoms with Gasteiger partial charge in [-0.3, -0.25) is 0 Å². The van der Waals surface area contributed by atoms with E-state index in [9.17, 15) is 13.9 Å². The van der Waals surface area contributed by atoms with Crippen molar-refractivity contribution in [2.45, 2.75) is 31.5 Å². The quantitative estimate of drug-likeness (QED) is 0.870. The van der Waals surface area contributed by atoms with E-state index in [-0.39, 0.29) is 22.6 Å². The molecule has 1 saturated heterocycles. The highest BCUT2D eigenvalue weighted by molar-refractivity contribution is 9.10. The molecule has 1 heterocycles. The summed E-state index contributed by atoms with van der Waals surface area (Å²) < 4.78 is 32.6. The second-order valence-electron chi connectivity index (χ2n) is 4.14. The Balaban J connectivity index is 2.14. The van der Waals surface area contributed by atoms with Crippen LogP contribution in [-0.2, 0) is 11.2 Å². The molecule has 2 rings (SSSR count). The highest BCUT2D eigenvalue weighted by Crippen LogP contribution is 2.25. The van der Waals surface area contributed by atoms with E-state index in [1.54, 1.807) is 0 Å². The molecule has 0 saturated carbocycles. The van der Waals surface area contributed by atoms with Crippen LogP contribution in [0.1, 0.15) is 18.4 Å². The highest BCUT2D eigenvalue weighted by Gasteiger charge is 2.26. The number of halogens is 3. The van der Waals surface area contributed by atoms with Gasteiger partial charge >= 0.3 is 0 Å². The van der Waals surface area contributed by atoms with Crippen molar-refractivity contribution in [1.82, 2.24) is 0 Å². The van der Waals surface area contributed by atoms with Crippen LogP contribution in [0.5, 0.6) is 0 Å². The number of benzene rings is 1. The van der Waals surface area contributed by atoms with Gasteiger partial charge in [-0.25, -0.2) is 8.78 Å². The van der Waals surface area contributed by atoms with E-state index in [0.29, 0.717) is 6.61 Å². The molecule has 2 atom stereocenters. The highest BCUT2D eigenvalue weighted by atomic mass is 79.9. The molecule has 1 aromatic carbocycles. The van der Waals surface area contributed by atoms with Gasteiger partial charge in [0.25, 0.3) is 0 Å². The van der Waals surface area contributed by atoms with Gasteiger partial charge in [-0.1, -0.05) is 0 Å². The molecule has 0 bridgehead atoms. The molecule has 1 aromatic rings. The molecule has 17 heavy (non-hydrogen) atoms. The lowest BCUT2D eigenvalue weighted by Crippen LogP contribution is -2.28. The van der Waals surface area contributed by atoms with E-state index < -0.39 is 17.7 Å². The fraction of sp³-hybridized carbons (Fsp3) is 0.500. The standard InChI is InChI=1S/C12H13BrF2O2/c13-8-3-4-9(14)7(12(8)15)6-10(16)11-2-1-5-17-11/h3-4,10-11,16H,1-2,5-6H2. The summed E-state index contributed by atoms with van der Waals surface area (Å²) in [6, 6.07) is 2.50. The molecule has 1 N–H and O–H groups in total. The zero-order valence-corrected chi connectivity index (χ0v) is 10.7. The first kappa shape index (κ1) is 12.9. The van der Waals surface area contributed by atoms with Crippen molar-refractivity contribution in [2.75, 3.05) is 6.61 Å². The summed E-state index contributed by atoms with van der Waals surface area (Å²) in [5.41, 5.74) is -0.0950. The molecule has 0 radical (unpaired) electrons. The zero-order valence-electron chi connectivity index (χ0n) is 9.13. The molecule has 1 fully saturated rings. The molecule has 2 nitrogen and oxygen atoms in total. The average Bonchev–Trinajstić information content (AvgIpc) is 2.83. The summed E-state index contributed by atoms with van der Waals surface area (Å²) >= 11 is 3.00. The minimum absolute atomic E-state index is 0.0677. The van der Waals surface area contributed by atoms with Gasteiger partial charge in [0.1, 0.15) is 11.6 Å². The molecule has 94 valence electrons. The van der Waals surface area contributed by atoms with Gasteiger partial charge in [-0.15, -0.1) is 0 Å². The predicted octanol–water partition coefficient (Wildman–Crippen LogP) is 2.81. The van der Waals surface area contributed by atoms with Crippen molar-refractivity contribution in [3.05, 3.63) is 33.8 Å². The Morgan fingerprint density at radius 2 is 2.24 bits per heavy atom. The third-order valence-corrected chi connectivity index (χ3v) is 3.56. The lowest BCUT2D eigenvalue weighted by Gasteiger charge is -2.18. The SMILES string of the molecule is OC(Cc1c(F)ccc(Br)c1F)C1CCCO1. The Morgan fingerprint density at radius 1 is 1.47 bits per heavy atom. The van der Waals surface area contributed by atoms with Crippen molar-refractivity contribution in [1.29, 1.82) is 0 Å². The smallest absolute Gasteiger partial charge is 0.143 e. The topological polar surface area (TPSA) is 29.5 Å². The molecule has 0 spiro atoms. The minimum atomic E-state index is -0.865. The van der Waals surface area contributed by atoms with Crippen LogP contribution >= 0.6 is 15.9 Å². The average molecular weight is 307 g/mol. The molecule has 0 aromatic heterocycles. The third-order valence-electron chi connectivity index (χ3n) is 2.95. The Kier molecular flexibility index (Phi) is 4.12. The summed E-state index contributed by atoms with van der Waals surface area (Å²) in [5, 5.41) is 9.87. The van der Waals surface area contributed by atoms with E-state index in [2.05, 4.69) is 15.9 Å². The van der Waals surface area contributed by atoms with Crippen molar-refractivity contribution >= 4 is 15.9 Å². The lowest BCUT2D eigenvalue weighted by molar-refractivity contribution is -0.00152. The maximum atomic E-state index is 13.7. The number of ether oxygens (including phenoxy) is 1. The molecular formula is C12H13BrF2O2. The Morgan fingerprint density at radius 3 is 2.88 bits per heavy atom. The number of aliphatic hydroxyl groups excluding tert-OH is 1. The summed E-state index contributed by atoms with van der Waals surface area (Å²) in [7, 11) is 0. The van der Waals surface area contributed by atoms with Crippen molar-refractivity contribution in [2.24, 2.45) is 0 Å². The van der Waals surface area contributed by atoms with Gasteiger partial charge in [0.2, 0.25) is 0 Å². The monoisotopic (exact) mass is 306 g/mol. The molecule has 5 heteroatoms. The molecule has 0 amide bonds. The third kappa shape index (κ3) is 2.84. The first-order valence-electron chi connectivity index (χ1n) is 5.51. The van der Waals surface area contributed by atoms with E-state index in [4.69, 9.17) is 4.74 Å². The summed E-state index contributed by atoms with van der Waals surface area (Å²) in [4.78, 5) is 0. The van der Waals surface area contributed by atoms with Crippen molar-refractivity contribution in [3.63, 3.8) is 0 Å². The van der Waals surface area contributed by atoms with Crippen molar-refractivity contribution < 1.29 is 18.6 Å². The Labute approximate surface area is 107 Å².